The highest BCUT2D eigenvalue weighted by atomic mass is 16.5. The molecule has 1 unspecified atom stereocenters. The Morgan fingerprint density at radius 1 is 1.50 bits per heavy atom. The van der Waals surface area contributed by atoms with Crippen LogP contribution >= 0.6 is 0 Å². The number of anilines is 1. The summed E-state index contributed by atoms with van der Waals surface area (Å²) in [5.74, 6) is 1.07. The Hall–Kier alpha value is -1.13. The van der Waals surface area contributed by atoms with Crippen LogP contribution in [0.3, 0.4) is 0 Å². The molecule has 1 atom stereocenters. The standard InChI is InChI=1S/C14H23N3O/c1-3-7-15-10-13-11-18-9-8-17(13)14-6-4-5-12(2)16-14/h4-6,13,15H,3,7-11H2,1-2H3. The van der Waals surface area contributed by atoms with Crippen LogP contribution in [0.2, 0.25) is 0 Å². The topological polar surface area (TPSA) is 37.4 Å². The lowest BCUT2D eigenvalue weighted by Gasteiger charge is -2.36. The van der Waals surface area contributed by atoms with E-state index in [1.807, 2.05) is 13.0 Å². The molecule has 1 aromatic rings. The van der Waals surface area contributed by atoms with E-state index in [0.29, 0.717) is 6.04 Å². The van der Waals surface area contributed by atoms with Gasteiger partial charge in [-0.05, 0) is 32.0 Å². The maximum Gasteiger partial charge on any atom is 0.129 e. The first kappa shape index (κ1) is 13.3. The fraction of sp³-hybridized carbons (Fsp3) is 0.643. The zero-order chi connectivity index (χ0) is 12.8. The van der Waals surface area contributed by atoms with E-state index in [0.717, 1.165) is 50.8 Å². The predicted molar refractivity (Wildman–Crippen MR) is 74.1 cm³/mol. The van der Waals surface area contributed by atoms with Crippen LogP contribution in [0.15, 0.2) is 18.2 Å². The minimum absolute atomic E-state index is 0.389. The number of morpholine rings is 1. The van der Waals surface area contributed by atoms with Crippen LogP contribution in [0.4, 0.5) is 5.82 Å². The fourth-order valence-corrected chi connectivity index (χ4v) is 2.26. The van der Waals surface area contributed by atoms with Crippen LogP contribution in [-0.4, -0.2) is 43.9 Å². The molecular weight excluding hydrogens is 226 g/mol. The smallest absolute Gasteiger partial charge is 0.129 e. The van der Waals surface area contributed by atoms with E-state index >= 15 is 0 Å². The number of nitrogens with one attached hydrogen (secondary N) is 1. The van der Waals surface area contributed by atoms with E-state index in [-0.39, 0.29) is 0 Å². The van der Waals surface area contributed by atoms with Crippen molar-refractivity contribution in [3.05, 3.63) is 23.9 Å². The molecule has 1 aliphatic rings. The minimum Gasteiger partial charge on any atom is -0.377 e. The van der Waals surface area contributed by atoms with Crippen molar-refractivity contribution in [1.29, 1.82) is 0 Å². The van der Waals surface area contributed by atoms with Gasteiger partial charge >= 0.3 is 0 Å². The largest absolute Gasteiger partial charge is 0.377 e. The fourth-order valence-electron chi connectivity index (χ4n) is 2.26. The summed E-state index contributed by atoms with van der Waals surface area (Å²) < 4.78 is 5.59. The van der Waals surface area contributed by atoms with Crippen molar-refractivity contribution >= 4 is 5.82 Å². The van der Waals surface area contributed by atoms with Gasteiger partial charge in [0.05, 0.1) is 19.3 Å². The van der Waals surface area contributed by atoms with E-state index in [9.17, 15) is 0 Å². The van der Waals surface area contributed by atoms with Gasteiger partial charge in [0.1, 0.15) is 5.82 Å². The molecule has 0 saturated carbocycles. The molecule has 1 aliphatic heterocycles. The number of hydrogen-bond acceptors (Lipinski definition) is 4. The molecule has 18 heavy (non-hydrogen) atoms. The van der Waals surface area contributed by atoms with Crippen molar-refractivity contribution in [3.63, 3.8) is 0 Å². The molecule has 1 N–H and O–H groups in total. The molecule has 0 aliphatic carbocycles. The highest BCUT2D eigenvalue weighted by Crippen LogP contribution is 2.17. The normalized spacial score (nSPS) is 20.1. The van der Waals surface area contributed by atoms with Gasteiger partial charge in [0.25, 0.3) is 0 Å². The first-order valence-electron chi connectivity index (χ1n) is 6.80. The van der Waals surface area contributed by atoms with Crippen molar-refractivity contribution in [1.82, 2.24) is 10.3 Å². The van der Waals surface area contributed by atoms with E-state index in [2.05, 4.69) is 34.3 Å². The van der Waals surface area contributed by atoms with Gasteiger partial charge in [0.15, 0.2) is 0 Å². The SMILES string of the molecule is CCCNCC1COCCN1c1cccc(C)n1. The number of ether oxygens (including phenoxy) is 1. The molecule has 4 nitrogen and oxygen atoms in total. The van der Waals surface area contributed by atoms with Crippen molar-refractivity contribution in [2.75, 3.05) is 37.7 Å². The number of aryl methyl sites for hydroxylation is 1. The molecule has 0 radical (unpaired) electrons. The van der Waals surface area contributed by atoms with E-state index in [4.69, 9.17) is 4.74 Å². The first-order chi connectivity index (χ1) is 8.81. The lowest BCUT2D eigenvalue weighted by Crippen LogP contribution is -2.51. The van der Waals surface area contributed by atoms with Gasteiger partial charge in [-0.2, -0.15) is 0 Å². The second kappa shape index (κ2) is 6.71. The Kier molecular flexibility index (Phi) is 4.96. The van der Waals surface area contributed by atoms with Crippen molar-refractivity contribution < 1.29 is 4.74 Å². The van der Waals surface area contributed by atoms with E-state index in [1.165, 1.54) is 0 Å². The minimum atomic E-state index is 0.389. The Morgan fingerprint density at radius 3 is 3.17 bits per heavy atom. The zero-order valence-corrected chi connectivity index (χ0v) is 11.4. The molecule has 2 heterocycles. The molecular formula is C14H23N3O. The second-order valence-corrected chi connectivity index (χ2v) is 4.76. The van der Waals surface area contributed by atoms with Gasteiger partial charge in [0.2, 0.25) is 0 Å². The maximum absolute atomic E-state index is 5.59. The van der Waals surface area contributed by atoms with E-state index in [1.54, 1.807) is 0 Å². The highest BCUT2D eigenvalue weighted by molar-refractivity contribution is 5.41. The Morgan fingerprint density at radius 2 is 2.39 bits per heavy atom. The zero-order valence-electron chi connectivity index (χ0n) is 11.4. The van der Waals surface area contributed by atoms with Crippen LogP contribution in [0.1, 0.15) is 19.0 Å². The summed E-state index contributed by atoms with van der Waals surface area (Å²) in [7, 11) is 0. The third kappa shape index (κ3) is 3.43. The van der Waals surface area contributed by atoms with Gasteiger partial charge < -0.3 is 15.0 Å². The van der Waals surface area contributed by atoms with Gasteiger partial charge in [0, 0.05) is 18.8 Å². The molecule has 1 aromatic heterocycles. The Bertz CT molecular complexity index is 370. The summed E-state index contributed by atoms with van der Waals surface area (Å²) in [4.78, 5) is 6.98. The number of hydrogen-bond donors (Lipinski definition) is 1. The molecule has 4 heteroatoms. The van der Waals surface area contributed by atoms with Crippen LogP contribution < -0.4 is 10.2 Å². The molecule has 0 amide bonds. The predicted octanol–water partition coefficient (Wildman–Crippen LogP) is 1.59. The van der Waals surface area contributed by atoms with Crippen molar-refractivity contribution in [3.8, 4) is 0 Å². The van der Waals surface area contributed by atoms with Gasteiger partial charge in [-0.25, -0.2) is 4.98 Å². The summed E-state index contributed by atoms with van der Waals surface area (Å²) in [6.07, 6.45) is 1.16. The van der Waals surface area contributed by atoms with Gasteiger partial charge in [-0.3, -0.25) is 0 Å². The number of aromatic nitrogens is 1. The number of pyridine rings is 1. The highest BCUT2D eigenvalue weighted by Gasteiger charge is 2.23. The van der Waals surface area contributed by atoms with Crippen LogP contribution in [0.25, 0.3) is 0 Å². The van der Waals surface area contributed by atoms with Crippen LogP contribution in [0, 0.1) is 6.92 Å². The van der Waals surface area contributed by atoms with Gasteiger partial charge in [-0.15, -0.1) is 0 Å². The Balaban J connectivity index is 2.03. The molecule has 2 rings (SSSR count). The first-order valence-corrected chi connectivity index (χ1v) is 6.80. The third-order valence-electron chi connectivity index (χ3n) is 3.20. The quantitative estimate of drug-likeness (QED) is 0.804. The van der Waals surface area contributed by atoms with Crippen LogP contribution in [-0.2, 0) is 4.74 Å². The second-order valence-electron chi connectivity index (χ2n) is 4.76. The van der Waals surface area contributed by atoms with E-state index < -0.39 is 0 Å². The lowest BCUT2D eigenvalue weighted by molar-refractivity contribution is 0.0934. The van der Waals surface area contributed by atoms with Crippen LogP contribution in [0.5, 0.6) is 0 Å². The van der Waals surface area contributed by atoms with Crippen molar-refractivity contribution in [2.24, 2.45) is 0 Å². The summed E-state index contributed by atoms with van der Waals surface area (Å²) in [6, 6.07) is 6.59. The summed E-state index contributed by atoms with van der Waals surface area (Å²) in [5.41, 5.74) is 1.07. The molecule has 0 spiro atoms. The number of rotatable bonds is 5. The molecule has 100 valence electrons. The maximum atomic E-state index is 5.59. The summed E-state index contributed by atoms with van der Waals surface area (Å²) in [6.45, 7) is 8.74. The monoisotopic (exact) mass is 249 g/mol. The number of nitrogens with zero attached hydrogens (tertiary/aromatic N) is 2. The summed E-state index contributed by atoms with van der Waals surface area (Å²) >= 11 is 0. The Labute approximate surface area is 109 Å². The molecule has 1 fully saturated rings. The third-order valence-corrected chi connectivity index (χ3v) is 3.20. The lowest BCUT2D eigenvalue weighted by atomic mass is 10.2. The average molecular weight is 249 g/mol. The van der Waals surface area contributed by atoms with Gasteiger partial charge in [-0.1, -0.05) is 13.0 Å². The average Bonchev–Trinajstić information content (AvgIpc) is 2.40. The van der Waals surface area contributed by atoms with Crippen molar-refractivity contribution in [2.45, 2.75) is 26.3 Å². The molecule has 1 saturated heterocycles. The summed E-state index contributed by atoms with van der Waals surface area (Å²) in [5, 5.41) is 3.47. The molecule has 0 aromatic carbocycles. The molecule has 0 bridgehead atoms.